The first kappa shape index (κ1) is 15.4. The van der Waals surface area contributed by atoms with Crippen molar-refractivity contribution in [3.05, 3.63) is 29.8 Å². The van der Waals surface area contributed by atoms with E-state index in [0.29, 0.717) is 23.2 Å². The Morgan fingerprint density at radius 2 is 2.00 bits per heavy atom. The van der Waals surface area contributed by atoms with Crippen LogP contribution >= 0.6 is 0 Å². The lowest BCUT2D eigenvalue weighted by Gasteiger charge is -2.25. The SMILES string of the molecule is CC(C)CN(C(=O)Nc1ccccc1CC(=O)O)C1CC1. The highest BCUT2D eigenvalue weighted by atomic mass is 16.4. The zero-order chi connectivity index (χ0) is 15.4. The third kappa shape index (κ3) is 4.48. The largest absolute Gasteiger partial charge is 0.481 e. The smallest absolute Gasteiger partial charge is 0.322 e. The summed E-state index contributed by atoms with van der Waals surface area (Å²) < 4.78 is 0. The highest BCUT2D eigenvalue weighted by Crippen LogP contribution is 2.28. The molecule has 2 N–H and O–H groups in total. The fourth-order valence-electron chi connectivity index (χ4n) is 2.32. The average molecular weight is 290 g/mol. The van der Waals surface area contributed by atoms with Crippen LogP contribution < -0.4 is 5.32 Å². The summed E-state index contributed by atoms with van der Waals surface area (Å²) in [6, 6.07) is 7.25. The fourth-order valence-corrected chi connectivity index (χ4v) is 2.32. The Morgan fingerprint density at radius 1 is 1.33 bits per heavy atom. The monoisotopic (exact) mass is 290 g/mol. The number of carbonyl (C=O) groups excluding carboxylic acids is 1. The summed E-state index contributed by atoms with van der Waals surface area (Å²) in [4.78, 5) is 25.2. The van der Waals surface area contributed by atoms with Crippen LogP contribution in [0, 0.1) is 5.92 Å². The van der Waals surface area contributed by atoms with Crippen LogP contribution in [0.2, 0.25) is 0 Å². The van der Waals surface area contributed by atoms with E-state index in [1.165, 1.54) is 0 Å². The first-order valence-corrected chi connectivity index (χ1v) is 7.34. The maximum absolute atomic E-state index is 12.4. The predicted molar refractivity (Wildman–Crippen MR) is 81.4 cm³/mol. The lowest BCUT2D eigenvalue weighted by molar-refractivity contribution is -0.136. The van der Waals surface area contributed by atoms with Crippen LogP contribution in [0.25, 0.3) is 0 Å². The van der Waals surface area contributed by atoms with Crippen LogP contribution in [0.4, 0.5) is 10.5 Å². The summed E-state index contributed by atoms with van der Waals surface area (Å²) in [7, 11) is 0. The number of carbonyl (C=O) groups is 2. The number of hydrogen-bond acceptors (Lipinski definition) is 2. The number of rotatable bonds is 6. The van der Waals surface area contributed by atoms with E-state index in [-0.39, 0.29) is 12.5 Å². The lowest BCUT2D eigenvalue weighted by atomic mass is 10.1. The Kier molecular flexibility index (Phi) is 4.83. The number of aliphatic carboxylic acids is 1. The van der Waals surface area contributed by atoms with Crippen molar-refractivity contribution in [3.63, 3.8) is 0 Å². The Labute approximate surface area is 125 Å². The van der Waals surface area contributed by atoms with Crippen molar-refractivity contribution in [2.24, 2.45) is 5.92 Å². The second-order valence-electron chi connectivity index (χ2n) is 5.94. The van der Waals surface area contributed by atoms with Crippen molar-refractivity contribution in [1.82, 2.24) is 4.90 Å². The Hall–Kier alpha value is -2.04. The summed E-state index contributed by atoms with van der Waals surface area (Å²) in [6.07, 6.45) is 2.01. The number of urea groups is 1. The van der Waals surface area contributed by atoms with E-state index in [1.807, 2.05) is 4.90 Å². The van der Waals surface area contributed by atoms with Crippen LogP contribution in [0.3, 0.4) is 0 Å². The number of carboxylic acids is 1. The first-order valence-electron chi connectivity index (χ1n) is 7.34. The maximum atomic E-state index is 12.4. The van der Waals surface area contributed by atoms with Crippen LogP contribution in [-0.4, -0.2) is 34.6 Å². The van der Waals surface area contributed by atoms with Gasteiger partial charge in [-0.15, -0.1) is 0 Å². The molecule has 1 aliphatic rings. The van der Waals surface area contributed by atoms with Gasteiger partial charge in [0.25, 0.3) is 0 Å². The fraction of sp³-hybridized carbons (Fsp3) is 0.500. The van der Waals surface area contributed by atoms with Crippen LogP contribution in [0.1, 0.15) is 32.3 Å². The van der Waals surface area contributed by atoms with Gasteiger partial charge < -0.3 is 15.3 Å². The average Bonchev–Trinajstić information content (AvgIpc) is 3.21. The number of para-hydroxylation sites is 1. The van der Waals surface area contributed by atoms with Crippen molar-refractivity contribution in [1.29, 1.82) is 0 Å². The van der Waals surface area contributed by atoms with Gasteiger partial charge in [-0.2, -0.15) is 0 Å². The molecule has 1 aliphatic carbocycles. The number of hydrogen-bond donors (Lipinski definition) is 2. The first-order chi connectivity index (χ1) is 9.97. The Balaban J connectivity index is 2.09. The van der Waals surface area contributed by atoms with E-state index in [0.717, 1.165) is 19.4 Å². The highest BCUT2D eigenvalue weighted by Gasteiger charge is 2.33. The van der Waals surface area contributed by atoms with Crippen LogP contribution in [0.15, 0.2) is 24.3 Å². The molecule has 5 heteroatoms. The number of nitrogens with zero attached hydrogens (tertiary/aromatic N) is 1. The van der Waals surface area contributed by atoms with Crippen molar-refractivity contribution in [2.75, 3.05) is 11.9 Å². The molecular weight excluding hydrogens is 268 g/mol. The molecule has 21 heavy (non-hydrogen) atoms. The minimum atomic E-state index is -0.905. The van der Waals surface area contributed by atoms with Gasteiger partial charge in [0.2, 0.25) is 0 Å². The molecule has 114 valence electrons. The molecule has 0 aliphatic heterocycles. The van der Waals surface area contributed by atoms with Gasteiger partial charge in [-0.1, -0.05) is 32.0 Å². The minimum absolute atomic E-state index is 0.0932. The quantitative estimate of drug-likeness (QED) is 0.846. The molecule has 0 bridgehead atoms. The normalized spacial score (nSPS) is 14.0. The van der Waals surface area contributed by atoms with Crippen LogP contribution in [-0.2, 0) is 11.2 Å². The second-order valence-corrected chi connectivity index (χ2v) is 5.94. The number of benzene rings is 1. The van der Waals surface area contributed by atoms with E-state index in [1.54, 1.807) is 24.3 Å². The predicted octanol–water partition coefficient (Wildman–Crippen LogP) is 2.97. The highest BCUT2D eigenvalue weighted by molar-refractivity contribution is 5.91. The summed E-state index contributed by atoms with van der Waals surface area (Å²) in [5.41, 5.74) is 1.21. The third-order valence-corrected chi connectivity index (χ3v) is 3.41. The van der Waals surface area contributed by atoms with E-state index >= 15 is 0 Å². The lowest BCUT2D eigenvalue weighted by Crippen LogP contribution is -2.39. The Morgan fingerprint density at radius 3 is 2.57 bits per heavy atom. The molecule has 0 heterocycles. The summed E-state index contributed by atoms with van der Waals surface area (Å²) in [6.45, 7) is 4.89. The standard InChI is InChI=1S/C16H22N2O3/c1-11(2)10-18(13-7-8-13)16(21)17-14-6-4-3-5-12(14)9-15(19)20/h3-6,11,13H,7-10H2,1-2H3,(H,17,21)(H,19,20). The summed E-state index contributed by atoms with van der Waals surface area (Å²) in [5.74, 6) is -0.497. The molecule has 0 atom stereocenters. The molecule has 1 aromatic rings. The zero-order valence-corrected chi connectivity index (χ0v) is 12.5. The molecule has 0 spiro atoms. The molecule has 0 unspecified atom stereocenters. The number of carboxylic acid groups (broad SMARTS) is 1. The number of amides is 2. The molecule has 2 amide bonds. The van der Waals surface area contributed by atoms with Gasteiger partial charge in [0.05, 0.1) is 6.42 Å². The molecule has 1 aromatic carbocycles. The van der Waals surface area contributed by atoms with Gasteiger partial charge >= 0.3 is 12.0 Å². The molecule has 0 radical (unpaired) electrons. The van der Waals surface area contributed by atoms with E-state index in [9.17, 15) is 9.59 Å². The van der Waals surface area contributed by atoms with E-state index in [2.05, 4.69) is 19.2 Å². The summed E-state index contributed by atoms with van der Waals surface area (Å²) in [5, 5.41) is 11.8. The van der Waals surface area contributed by atoms with Gasteiger partial charge in [-0.25, -0.2) is 4.79 Å². The van der Waals surface area contributed by atoms with Gasteiger partial charge in [0, 0.05) is 18.3 Å². The molecule has 0 aromatic heterocycles. The molecule has 1 fully saturated rings. The van der Waals surface area contributed by atoms with Crippen LogP contribution in [0.5, 0.6) is 0 Å². The van der Waals surface area contributed by atoms with E-state index < -0.39 is 5.97 Å². The van der Waals surface area contributed by atoms with Gasteiger partial charge in [0.15, 0.2) is 0 Å². The molecule has 2 rings (SSSR count). The molecule has 5 nitrogen and oxygen atoms in total. The number of nitrogens with one attached hydrogen (secondary N) is 1. The van der Waals surface area contributed by atoms with Gasteiger partial charge in [-0.05, 0) is 30.4 Å². The van der Waals surface area contributed by atoms with Crippen molar-refractivity contribution < 1.29 is 14.7 Å². The third-order valence-electron chi connectivity index (χ3n) is 3.41. The molecule has 0 saturated heterocycles. The van der Waals surface area contributed by atoms with Crippen molar-refractivity contribution in [3.8, 4) is 0 Å². The summed E-state index contributed by atoms with van der Waals surface area (Å²) >= 11 is 0. The van der Waals surface area contributed by atoms with Gasteiger partial charge in [0.1, 0.15) is 0 Å². The van der Waals surface area contributed by atoms with Gasteiger partial charge in [-0.3, -0.25) is 4.79 Å². The van der Waals surface area contributed by atoms with Crippen molar-refractivity contribution >= 4 is 17.7 Å². The minimum Gasteiger partial charge on any atom is -0.481 e. The second kappa shape index (κ2) is 6.61. The molecule has 1 saturated carbocycles. The molecular formula is C16H22N2O3. The topological polar surface area (TPSA) is 69.6 Å². The van der Waals surface area contributed by atoms with E-state index in [4.69, 9.17) is 5.11 Å². The Bertz CT molecular complexity index is 524. The maximum Gasteiger partial charge on any atom is 0.322 e. The zero-order valence-electron chi connectivity index (χ0n) is 12.5. The number of anilines is 1. The van der Waals surface area contributed by atoms with Crippen molar-refractivity contribution in [2.45, 2.75) is 39.2 Å².